The molecule has 0 spiro atoms. The molecule has 1 amide bonds. The number of nitrogens with one attached hydrogen (secondary N) is 2. The Labute approximate surface area is 155 Å². The van der Waals surface area contributed by atoms with Crippen LogP contribution in [0.1, 0.15) is 46.1 Å². The summed E-state index contributed by atoms with van der Waals surface area (Å²) in [6, 6.07) is 2.39. The topological polar surface area (TPSA) is 97.9 Å². The quantitative estimate of drug-likeness (QED) is 0.605. The summed E-state index contributed by atoms with van der Waals surface area (Å²) >= 11 is 0. The molecule has 3 atom stereocenters. The normalized spacial score (nSPS) is 14.8. The summed E-state index contributed by atoms with van der Waals surface area (Å²) in [6.07, 6.45) is 6.43. The SMILES string of the molecule is CCC(CN)C(=O)NCC(C)CC(CC)n1ccc2c(NC)ncnc21. The van der Waals surface area contributed by atoms with Crippen molar-refractivity contribution in [3.63, 3.8) is 0 Å². The number of fused-ring (bicyclic) bond motifs is 1. The van der Waals surface area contributed by atoms with Crippen molar-refractivity contribution in [3.8, 4) is 0 Å². The van der Waals surface area contributed by atoms with E-state index in [4.69, 9.17) is 5.73 Å². The van der Waals surface area contributed by atoms with Crippen LogP contribution in [0.5, 0.6) is 0 Å². The maximum atomic E-state index is 12.1. The molecule has 7 heteroatoms. The number of aromatic nitrogens is 3. The lowest BCUT2D eigenvalue weighted by molar-refractivity contribution is -0.124. The third-order valence-corrected chi connectivity index (χ3v) is 5.06. The molecule has 7 nitrogen and oxygen atoms in total. The average Bonchev–Trinajstić information content (AvgIpc) is 3.09. The monoisotopic (exact) mass is 360 g/mol. The first-order valence-electron chi connectivity index (χ1n) is 9.52. The van der Waals surface area contributed by atoms with Gasteiger partial charge in [-0.15, -0.1) is 0 Å². The van der Waals surface area contributed by atoms with Crippen molar-refractivity contribution in [2.45, 2.75) is 46.1 Å². The van der Waals surface area contributed by atoms with Gasteiger partial charge in [0.1, 0.15) is 17.8 Å². The maximum absolute atomic E-state index is 12.1. The minimum absolute atomic E-state index is 0.0627. The zero-order chi connectivity index (χ0) is 19.1. The van der Waals surface area contributed by atoms with Gasteiger partial charge in [-0.1, -0.05) is 20.8 Å². The smallest absolute Gasteiger partial charge is 0.224 e. The van der Waals surface area contributed by atoms with Gasteiger partial charge < -0.3 is 20.9 Å². The molecule has 4 N–H and O–H groups in total. The standard InChI is InChI=1S/C19H32N6O/c1-5-14(10-20)19(26)22-11-13(3)9-15(6-2)25-8-7-16-17(21-4)23-12-24-18(16)25/h7-8,12-15H,5-6,9-11,20H2,1-4H3,(H,22,26)(H,21,23,24). The van der Waals surface area contributed by atoms with Crippen LogP contribution in [-0.4, -0.2) is 40.6 Å². The fourth-order valence-corrected chi connectivity index (χ4v) is 3.37. The molecule has 144 valence electrons. The highest BCUT2D eigenvalue weighted by Crippen LogP contribution is 2.28. The van der Waals surface area contributed by atoms with Gasteiger partial charge in [0.2, 0.25) is 5.91 Å². The van der Waals surface area contributed by atoms with Gasteiger partial charge in [0, 0.05) is 38.3 Å². The molecule has 0 radical (unpaired) electrons. The second kappa shape index (κ2) is 9.52. The van der Waals surface area contributed by atoms with Crippen LogP contribution >= 0.6 is 0 Å². The van der Waals surface area contributed by atoms with Crippen molar-refractivity contribution in [2.24, 2.45) is 17.6 Å². The van der Waals surface area contributed by atoms with Gasteiger partial charge in [-0.3, -0.25) is 4.79 Å². The summed E-state index contributed by atoms with van der Waals surface area (Å²) in [5.41, 5.74) is 6.60. The van der Waals surface area contributed by atoms with Crippen LogP contribution in [0.4, 0.5) is 5.82 Å². The van der Waals surface area contributed by atoms with E-state index in [1.807, 2.05) is 14.0 Å². The molecule has 0 saturated carbocycles. The number of amides is 1. The number of anilines is 1. The zero-order valence-electron chi connectivity index (χ0n) is 16.3. The number of hydrogen-bond acceptors (Lipinski definition) is 5. The molecule has 0 aliphatic heterocycles. The molecule has 2 rings (SSSR count). The van der Waals surface area contributed by atoms with Gasteiger partial charge in [0.15, 0.2) is 0 Å². The van der Waals surface area contributed by atoms with Crippen molar-refractivity contribution in [2.75, 3.05) is 25.5 Å². The average molecular weight is 361 g/mol. The first kappa shape index (κ1) is 20.2. The Morgan fingerprint density at radius 3 is 2.69 bits per heavy atom. The first-order chi connectivity index (χ1) is 12.5. The number of carbonyl (C=O) groups excluding carboxylic acids is 1. The van der Waals surface area contributed by atoms with Crippen molar-refractivity contribution >= 4 is 22.8 Å². The van der Waals surface area contributed by atoms with Crippen molar-refractivity contribution in [3.05, 3.63) is 18.6 Å². The van der Waals surface area contributed by atoms with Gasteiger partial charge in [0.05, 0.1) is 5.39 Å². The van der Waals surface area contributed by atoms with E-state index in [0.29, 0.717) is 25.0 Å². The minimum Gasteiger partial charge on any atom is -0.372 e. The van der Waals surface area contributed by atoms with Crippen LogP contribution < -0.4 is 16.4 Å². The van der Waals surface area contributed by atoms with Crippen LogP contribution in [0.2, 0.25) is 0 Å². The van der Waals surface area contributed by atoms with Crippen LogP contribution in [0.15, 0.2) is 18.6 Å². The van der Waals surface area contributed by atoms with E-state index >= 15 is 0 Å². The molecule has 2 aromatic heterocycles. The summed E-state index contributed by atoms with van der Waals surface area (Å²) in [5.74, 6) is 1.18. The van der Waals surface area contributed by atoms with Crippen molar-refractivity contribution in [1.82, 2.24) is 19.9 Å². The third kappa shape index (κ3) is 4.52. The highest BCUT2D eigenvalue weighted by atomic mass is 16.1. The van der Waals surface area contributed by atoms with E-state index in [-0.39, 0.29) is 11.8 Å². The molecule has 3 unspecified atom stereocenters. The Morgan fingerprint density at radius 2 is 2.08 bits per heavy atom. The Balaban J connectivity index is 2.04. The van der Waals surface area contributed by atoms with E-state index in [1.165, 1.54) is 0 Å². The van der Waals surface area contributed by atoms with Crippen molar-refractivity contribution in [1.29, 1.82) is 0 Å². The van der Waals surface area contributed by atoms with Crippen LogP contribution in [-0.2, 0) is 4.79 Å². The summed E-state index contributed by atoms with van der Waals surface area (Å²) < 4.78 is 2.23. The molecule has 0 aliphatic carbocycles. The number of carbonyl (C=O) groups is 1. The number of rotatable bonds is 10. The zero-order valence-corrected chi connectivity index (χ0v) is 16.3. The van der Waals surface area contributed by atoms with Gasteiger partial charge in [0.25, 0.3) is 0 Å². The lowest BCUT2D eigenvalue weighted by atomic mass is 9.99. The number of nitrogens with two attached hydrogens (primary N) is 1. The Hall–Kier alpha value is -2.15. The predicted molar refractivity (Wildman–Crippen MR) is 106 cm³/mol. The first-order valence-corrected chi connectivity index (χ1v) is 9.52. The van der Waals surface area contributed by atoms with E-state index in [9.17, 15) is 4.79 Å². The molecule has 0 bridgehead atoms. The fourth-order valence-electron chi connectivity index (χ4n) is 3.37. The molecular weight excluding hydrogens is 328 g/mol. The molecule has 0 aromatic carbocycles. The Morgan fingerprint density at radius 1 is 1.31 bits per heavy atom. The summed E-state index contributed by atoms with van der Waals surface area (Å²) in [6.45, 7) is 7.42. The predicted octanol–water partition coefficient (Wildman–Crippen LogP) is 2.55. The Bertz CT molecular complexity index is 709. The minimum atomic E-state index is -0.0887. The van der Waals surface area contributed by atoms with Gasteiger partial charge in [-0.2, -0.15) is 0 Å². The lowest BCUT2D eigenvalue weighted by Gasteiger charge is -2.23. The molecular formula is C19H32N6O. The molecule has 26 heavy (non-hydrogen) atoms. The van der Waals surface area contributed by atoms with E-state index in [1.54, 1.807) is 6.33 Å². The van der Waals surface area contributed by atoms with Crippen LogP contribution in [0.25, 0.3) is 11.0 Å². The molecule has 2 aromatic rings. The fraction of sp³-hybridized carbons (Fsp3) is 0.632. The molecule has 0 saturated heterocycles. The summed E-state index contributed by atoms with van der Waals surface area (Å²) in [5, 5.41) is 7.19. The van der Waals surface area contributed by atoms with Crippen molar-refractivity contribution < 1.29 is 4.79 Å². The highest BCUT2D eigenvalue weighted by Gasteiger charge is 2.19. The largest absolute Gasteiger partial charge is 0.372 e. The van der Waals surface area contributed by atoms with E-state index < -0.39 is 0 Å². The maximum Gasteiger partial charge on any atom is 0.224 e. The lowest BCUT2D eigenvalue weighted by Crippen LogP contribution is -2.37. The molecule has 0 aliphatic rings. The summed E-state index contributed by atoms with van der Waals surface area (Å²) in [7, 11) is 1.87. The van der Waals surface area contributed by atoms with Crippen LogP contribution in [0.3, 0.4) is 0 Å². The van der Waals surface area contributed by atoms with E-state index in [2.05, 4.69) is 51.3 Å². The number of hydrogen-bond donors (Lipinski definition) is 3. The third-order valence-electron chi connectivity index (χ3n) is 5.06. The second-order valence-electron chi connectivity index (χ2n) is 6.92. The summed E-state index contributed by atoms with van der Waals surface area (Å²) in [4.78, 5) is 20.9. The second-order valence-corrected chi connectivity index (χ2v) is 6.92. The van der Waals surface area contributed by atoms with Crippen LogP contribution in [0, 0.1) is 11.8 Å². The van der Waals surface area contributed by atoms with Gasteiger partial charge in [-0.25, -0.2) is 9.97 Å². The van der Waals surface area contributed by atoms with Gasteiger partial charge >= 0.3 is 0 Å². The van der Waals surface area contributed by atoms with E-state index in [0.717, 1.165) is 36.1 Å². The molecule has 0 fully saturated rings. The van der Waals surface area contributed by atoms with Gasteiger partial charge in [-0.05, 0) is 31.2 Å². The Kier molecular flexibility index (Phi) is 7.38. The highest BCUT2D eigenvalue weighted by molar-refractivity contribution is 5.87. The number of nitrogens with zero attached hydrogens (tertiary/aromatic N) is 3. The molecule has 2 heterocycles.